The van der Waals surface area contributed by atoms with Crippen molar-refractivity contribution in [3.8, 4) is 5.69 Å². The summed E-state index contributed by atoms with van der Waals surface area (Å²) in [5, 5.41) is 10.9. The van der Waals surface area contributed by atoms with Crippen LogP contribution in [0.2, 0.25) is 0 Å². The van der Waals surface area contributed by atoms with E-state index in [1.54, 1.807) is 18.3 Å². The molecule has 0 radical (unpaired) electrons. The molecule has 2 aromatic rings. The normalized spacial score (nSPS) is 10.6. The third-order valence-electron chi connectivity index (χ3n) is 2.87. The zero-order chi connectivity index (χ0) is 13.8. The van der Waals surface area contributed by atoms with E-state index in [1.165, 1.54) is 6.07 Å². The number of benzene rings is 1. The van der Waals surface area contributed by atoms with E-state index in [0.717, 1.165) is 24.4 Å². The highest BCUT2D eigenvalue weighted by Gasteiger charge is 2.14. The van der Waals surface area contributed by atoms with Crippen LogP contribution in [0.25, 0.3) is 5.69 Å². The largest absolute Gasteiger partial charge is 0.304 e. The fourth-order valence-electron chi connectivity index (χ4n) is 1.98. The molecule has 0 bridgehead atoms. The van der Waals surface area contributed by atoms with Gasteiger partial charge in [-0.15, -0.1) is 11.6 Å². The van der Waals surface area contributed by atoms with Crippen LogP contribution >= 0.6 is 11.6 Å². The third kappa shape index (κ3) is 2.76. The second-order valence-electron chi connectivity index (χ2n) is 4.17. The molecule has 0 saturated carbocycles. The molecular weight excluding hydrogens is 266 g/mol. The van der Waals surface area contributed by atoms with Crippen LogP contribution in [0.5, 0.6) is 0 Å². The van der Waals surface area contributed by atoms with E-state index in [-0.39, 0.29) is 11.6 Å². The van der Waals surface area contributed by atoms with Gasteiger partial charge in [-0.25, -0.2) is 4.98 Å². The van der Waals surface area contributed by atoms with Crippen LogP contribution < -0.4 is 0 Å². The summed E-state index contributed by atoms with van der Waals surface area (Å²) in [6.45, 7) is 2.08. The minimum Gasteiger partial charge on any atom is -0.304 e. The molecule has 1 aromatic carbocycles. The maximum Gasteiger partial charge on any atom is 0.273 e. The smallest absolute Gasteiger partial charge is 0.273 e. The summed E-state index contributed by atoms with van der Waals surface area (Å²) < 4.78 is 1.93. The van der Waals surface area contributed by atoms with Crippen molar-refractivity contribution >= 4 is 17.3 Å². The van der Waals surface area contributed by atoms with Crippen LogP contribution in [0.1, 0.15) is 24.7 Å². The molecule has 6 heteroatoms. The SMILES string of the molecule is CCCc1nccn1-c1ccc([N+](=O)[O-])c(CCl)c1. The lowest BCUT2D eigenvalue weighted by atomic mass is 10.1. The summed E-state index contributed by atoms with van der Waals surface area (Å²) in [6, 6.07) is 4.95. The summed E-state index contributed by atoms with van der Waals surface area (Å²) >= 11 is 5.78. The molecule has 0 N–H and O–H groups in total. The van der Waals surface area contributed by atoms with Crippen molar-refractivity contribution < 1.29 is 4.92 Å². The van der Waals surface area contributed by atoms with Crippen molar-refractivity contribution in [2.24, 2.45) is 0 Å². The molecule has 0 atom stereocenters. The molecule has 2 rings (SSSR count). The van der Waals surface area contributed by atoms with Crippen LogP contribution in [-0.2, 0) is 12.3 Å². The van der Waals surface area contributed by atoms with Gasteiger partial charge in [-0.2, -0.15) is 0 Å². The van der Waals surface area contributed by atoms with Gasteiger partial charge in [0.05, 0.1) is 10.8 Å². The Hall–Kier alpha value is -1.88. The van der Waals surface area contributed by atoms with Crippen molar-refractivity contribution in [2.75, 3.05) is 0 Å². The van der Waals surface area contributed by atoms with Crippen molar-refractivity contribution in [3.63, 3.8) is 0 Å². The minimum absolute atomic E-state index is 0.0518. The Morgan fingerprint density at radius 1 is 1.47 bits per heavy atom. The van der Waals surface area contributed by atoms with Crippen LogP contribution in [0, 0.1) is 10.1 Å². The summed E-state index contributed by atoms with van der Waals surface area (Å²) in [6.07, 6.45) is 5.43. The number of nitro groups is 1. The standard InChI is InChI=1S/C13H14ClN3O2/c1-2-3-13-15-6-7-16(13)11-4-5-12(17(18)19)10(8-11)9-14/h4-8H,2-3,9H2,1H3. The highest BCUT2D eigenvalue weighted by Crippen LogP contribution is 2.24. The number of aromatic nitrogens is 2. The van der Waals surface area contributed by atoms with Gasteiger partial charge in [0.2, 0.25) is 0 Å². The zero-order valence-electron chi connectivity index (χ0n) is 10.5. The second kappa shape index (κ2) is 5.84. The molecule has 100 valence electrons. The predicted molar refractivity (Wildman–Crippen MR) is 73.8 cm³/mol. The lowest BCUT2D eigenvalue weighted by Crippen LogP contribution is -2.02. The molecule has 0 saturated heterocycles. The van der Waals surface area contributed by atoms with Gasteiger partial charge in [0.25, 0.3) is 5.69 Å². The van der Waals surface area contributed by atoms with Gasteiger partial charge in [-0.1, -0.05) is 6.92 Å². The Bertz CT molecular complexity index is 595. The number of nitro benzene ring substituents is 1. The summed E-state index contributed by atoms with van der Waals surface area (Å²) in [7, 11) is 0. The van der Waals surface area contributed by atoms with Crippen LogP contribution in [0.4, 0.5) is 5.69 Å². The van der Waals surface area contributed by atoms with Crippen LogP contribution in [0.15, 0.2) is 30.6 Å². The van der Waals surface area contributed by atoms with E-state index in [1.807, 2.05) is 10.8 Å². The lowest BCUT2D eigenvalue weighted by Gasteiger charge is -2.08. The van der Waals surface area contributed by atoms with Crippen molar-refractivity contribution in [2.45, 2.75) is 25.6 Å². The molecule has 5 nitrogen and oxygen atoms in total. The first-order valence-electron chi connectivity index (χ1n) is 6.03. The second-order valence-corrected chi connectivity index (χ2v) is 4.43. The van der Waals surface area contributed by atoms with Crippen LogP contribution in [-0.4, -0.2) is 14.5 Å². The molecule has 0 amide bonds. The highest BCUT2D eigenvalue weighted by atomic mass is 35.5. The van der Waals surface area contributed by atoms with E-state index < -0.39 is 4.92 Å². The molecule has 0 aliphatic heterocycles. The summed E-state index contributed by atoms with van der Waals surface area (Å²) in [4.78, 5) is 14.8. The van der Waals surface area contributed by atoms with Gasteiger partial charge in [0.15, 0.2) is 0 Å². The molecule has 0 aliphatic rings. The first-order chi connectivity index (χ1) is 9.17. The third-order valence-corrected chi connectivity index (χ3v) is 3.16. The van der Waals surface area contributed by atoms with Gasteiger partial charge in [0, 0.05) is 36.1 Å². The fraction of sp³-hybridized carbons (Fsp3) is 0.308. The van der Waals surface area contributed by atoms with Gasteiger partial charge in [-0.05, 0) is 18.6 Å². The van der Waals surface area contributed by atoms with Gasteiger partial charge < -0.3 is 4.57 Å². The number of hydrogen-bond donors (Lipinski definition) is 0. The number of rotatable bonds is 5. The monoisotopic (exact) mass is 279 g/mol. The number of hydrogen-bond acceptors (Lipinski definition) is 3. The van der Waals surface area contributed by atoms with Crippen molar-refractivity contribution in [1.29, 1.82) is 0 Å². The topological polar surface area (TPSA) is 61.0 Å². The fourth-order valence-corrected chi connectivity index (χ4v) is 2.20. The van der Waals surface area contributed by atoms with Crippen molar-refractivity contribution in [3.05, 3.63) is 52.1 Å². The number of alkyl halides is 1. The van der Waals surface area contributed by atoms with E-state index in [0.29, 0.717) is 5.56 Å². The Morgan fingerprint density at radius 2 is 2.26 bits per heavy atom. The number of aryl methyl sites for hydroxylation is 1. The molecule has 1 aromatic heterocycles. The average molecular weight is 280 g/mol. The van der Waals surface area contributed by atoms with Gasteiger partial charge in [-0.3, -0.25) is 10.1 Å². The molecule has 1 heterocycles. The predicted octanol–water partition coefficient (Wildman–Crippen LogP) is 3.47. The average Bonchev–Trinajstić information content (AvgIpc) is 2.86. The quantitative estimate of drug-likeness (QED) is 0.478. The van der Waals surface area contributed by atoms with Gasteiger partial charge in [0.1, 0.15) is 5.82 Å². The first kappa shape index (κ1) is 13.5. The molecule has 0 fully saturated rings. The van der Waals surface area contributed by atoms with Crippen molar-refractivity contribution in [1.82, 2.24) is 9.55 Å². The Labute approximate surface area is 116 Å². The minimum atomic E-state index is -0.414. The highest BCUT2D eigenvalue weighted by molar-refractivity contribution is 6.17. The maximum absolute atomic E-state index is 10.9. The molecule has 19 heavy (non-hydrogen) atoms. The molecule has 0 unspecified atom stereocenters. The summed E-state index contributed by atoms with van der Waals surface area (Å²) in [5.41, 5.74) is 1.42. The first-order valence-corrected chi connectivity index (χ1v) is 6.56. The van der Waals surface area contributed by atoms with E-state index >= 15 is 0 Å². The molecule has 0 aliphatic carbocycles. The van der Waals surface area contributed by atoms with E-state index in [4.69, 9.17) is 11.6 Å². The van der Waals surface area contributed by atoms with E-state index in [9.17, 15) is 10.1 Å². The maximum atomic E-state index is 10.9. The number of nitrogens with zero attached hydrogens (tertiary/aromatic N) is 3. The Kier molecular flexibility index (Phi) is 4.16. The van der Waals surface area contributed by atoms with Gasteiger partial charge >= 0.3 is 0 Å². The summed E-state index contributed by atoms with van der Waals surface area (Å²) in [5.74, 6) is 1.05. The Balaban J connectivity index is 2.45. The zero-order valence-corrected chi connectivity index (χ0v) is 11.3. The molecular formula is C13H14ClN3O2. The Morgan fingerprint density at radius 3 is 2.89 bits per heavy atom. The molecule has 0 spiro atoms. The number of halogens is 1. The number of imidazole rings is 1. The van der Waals surface area contributed by atoms with E-state index in [2.05, 4.69) is 11.9 Å². The van der Waals surface area contributed by atoms with Crippen LogP contribution in [0.3, 0.4) is 0 Å². The lowest BCUT2D eigenvalue weighted by molar-refractivity contribution is -0.385.